The molecule has 0 bridgehead atoms. The fourth-order valence-corrected chi connectivity index (χ4v) is 1.75. The van der Waals surface area contributed by atoms with E-state index in [1.807, 2.05) is 48.5 Å². The number of rotatable bonds is 5. The molecule has 18 heavy (non-hydrogen) atoms. The SMILES string of the molecule is COc1cccc(Oc2cccc(CNCl)c2)c1. The minimum atomic E-state index is 0.594. The molecule has 0 fully saturated rings. The molecular weight excluding hydrogens is 250 g/mol. The van der Waals surface area contributed by atoms with Crippen molar-refractivity contribution >= 4 is 11.8 Å². The van der Waals surface area contributed by atoms with Crippen LogP contribution in [0.25, 0.3) is 0 Å². The summed E-state index contributed by atoms with van der Waals surface area (Å²) in [7, 11) is 1.63. The highest BCUT2D eigenvalue weighted by atomic mass is 35.5. The summed E-state index contributed by atoms with van der Waals surface area (Å²) >= 11 is 5.48. The Balaban J connectivity index is 2.14. The lowest BCUT2D eigenvalue weighted by molar-refractivity contribution is 0.409. The first-order chi connectivity index (χ1) is 8.81. The molecule has 0 saturated carbocycles. The van der Waals surface area contributed by atoms with Gasteiger partial charge >= 0.3 is 0 Å². The van der Waals surface area contributed by atoms with Gasteiger partial charge < -0.3 is 9.47 Å². The van der Waals surface area contributed by atoms with Gasteiger partial charge in [0.2, 0.25) is 0 Å². The molecule has 0 aliphatic heterocycles. The van der Waals surface area contributed by atoms with E-state index < -0.39 is 0 Å². The summed E-state index contributed by atoms with van der Waals surface area (Å²) in [4.78, 5) is 2.59. The summed E-state index contributed by atoms with van der Waals surface area (Å²) in [5.41, 5.74) is 1.06. The third-order valence-electron chi connectivity index (χ3n) is 2.45. The van der Waals surface area contributed by atoms with Gasteiger partial charge in [0.1, 0.15) is 17.2 Å². The van der Waals surface area contributed by atoms with E-state index in [2.05, 4.69) is 4.84 Å². The number of methoxy groups -OCH3 is 1. The summed E-state index contributed by atoms with van der Waals surface area (Å²) in [5.74, 6) is 2.28. The van der Waals surface area contributed by atoms with Gasteiger partial charge in [-0.25, -0.2) is 4.84 Å². The van der Waals surface area contributed by atoms with Crippen molar-refractivity contribution in [2.24, 2.45) is 0 Å². The van der Waals surface area contributed by atoms with Crippen LogP contribution < -0.4 is 14.3 Å². The van der Waals surface area contributed by atoms with Gasteiger partial charge in [0.05, 0.1) is 7.11 Å². The summed E-state index contributed by atoms with van der Waals surface area (Å²) < 4.78 is 10.9. The number of halogens is 1. The largest absolute Gasteiger partial charge is 0.497 e. The van der Waals surface area contributed by atoms with Crippen LogP contribution in [0.4, 0.5) is 0 Å². The number of benzene rings is 2. The Labute approximate surface area is 111 Å². The standard InChI is InChI=1S/C14H14ClNO2/c1-17-12-5-3-7-14(9-12)18-13-6-2-4-11(8-13)10-16-15/h2-9,16H,10H2,1H3. The summed E-state index contributed by atoms with van der Waals surface area (Å²) in [5, 5.41) is 0. The topological polar surface area (TPSA) is 30.5 Å². The molecule has 3 nitrogen and oxygen atoms in total. The molecule has 2 aromatic rings. The highest BCUT2D eigenvalue weighted by molar-refractivity contribution is 6.13. The van der Waals surface area contributed by atoms with Gasteiger partial charge in [0.15, 0.2) is 0 Å². The minimum Gasteiger partial charge on any atom is -0.497 e. The van der Waals surface area contributed by atoms with Crippen molar-refractivity contribution in [1.82, 2.24) is 4.84 Å². The lowest BCUT2D eigenvalue weighted by Crippen LogP contribution is -1.98. The molecule has 2 rings (SSSR count). The smallest absolute Gasteiger partial charge is 0.131 e. The van der Waals surface area contributed by atoms with E-state index >= 15 is 0 Å². The first-order valence-corrected chi connectivity index (χ1v) is 5.94. The summed E-state index contributed by atoms with van der Waals surface area (Å²) in [6.45, 7) is 0.594. The Morgan fingerprint density at radius 2 is 1.67 bits per heavy atom. The van der Waals surface area contributed by atoms with Crippen LogP contribution in [-0.2, 0) is 6.54 Å². The molecule has 0 aliphatic rings. The Morgan fingerprint density at radius 1 is 1.00 bits per heavy atom. The lowest BCUT2D eigenvalue weighted by Gasteiger charge is -2.08. The van der Waals surface area contributed by atoms with Crippen LogP contribution >= 0.6 is 11.8 Å². The molecule has 94 valence electrons. The first kappa shape index (κ1) is 12.7. The van der Waals surface area contributed by atoms with E-state index in [-0.39, 0.29) is 0 Å². The summed E-state index contributed by atoms with van der Waals surface area (Å²) in [6, 6.07) is 15.2. The van der Waals surface area contributed by atoms with Crippen LogP contribution in [0, 0.1) is 0 Å². The maximum atomic E-state index is 5.76. The minimum absolute atomic E-state index is 0.594. The van der Waals surface area contributed by atoms with Gasteiger partial charge in [-0.1, -0.05) is 18.2 Å². The Bertz CT molecular complexity index is 517. The molecule has 0 atom stereocenters. The Hall–Kier alpha value is -1.71. The summed E-state index contributed by atoms with van der Waals surface area (Å²) in [6.07, 6.45) is 0. The first-order valence-electron chi connectivity index (χ1n) is 5.56. The average Bonchev–Trinajstić information content (AvgIpc) is 2.40. The van der Waals surface area contributed by atoms with Gasteiger partial charge in [-0.3, -0.25) is 0 Å². The van der Waals surface area contributed by atoms with Crippen molar-refractivity contribution in [1.29, 1.82) is 0 Å². The molecule has 0 spiro atoms. The van der Waals surface area contributed by atoms with E-state index in [0.29, 0.717) is 6.54 Å². The van der Waals surface area contributed by atoms with Crippen molar-refractivity contribution in [2.45, 2.75) is 6.54 Å². The van der Waals surface area contributed by atoms with Gasteiger partial charge in [-0.2, -0.15) is 0 Å². The third-order valence-corrected chi connectivity index (χ3v) is 2.58. The van der Waals surface area contributed by atoms with Crippen molar-refractivity contribution in [2.75, 3.05) is 7.11 Å². The highest BCUT2D eigenvalue weighted by Crippen LogP contribution is 2.25. The predicted molar refractivity (Wildman–Crippen MR) is 72.2 cm³/mol. The second-order valence-electron chi connectivity index (χ2n) is 3.74. The second kappa shape index (κ2) is 6.28. The molecule has 0 heterocycles. The molecule has 2 aromatic carbocycles. The van der Waals surface area contributed by atoms with Crippen molar-refractivity contribution in [3.63, 3.8) is 0 Å². The number of hydrogen-bond acceptors (Lipinski definition) is 3. The zero-order valence-corrected chi connectivity index (χ0v) is 10.8. The molecule has 0 unspecified atom stereocenters. The molecule has 0 amide bonds. The monoisotopic (exact) mass is 263 g/mol. The predicted octanol–water partition coefficient (Wildman–Crippen LogP) is 3.73. The van der Waals surface area contributed by atoms with E-state index in [1.165, 1.54) is 0 Å². The number of ether oxygens (including phenoxy) is 2. The van der Waals surface area contributed by atoms with Crippen LogP contribution in [0.5, 0.6) is 17.2 Å². The maximum absolute atomic E-state index is 5.76. The highest BCUT2D eigenvalue weighted by Gasteiger charge is 2.00. The second-order valence-corrected chi connectivity index (χ2v) is 4.01. The molecular formula is C14H14ClNO2. The van der Waals surface area contributed by atoms with Crippen molar-refractivity contribution in [3.8, 4) is 17.2 Å². The zero-order valence-electron chi connectivity index (χ0n) is 10.0. The molecule has 1 N–H and O–H groups in total. The van der Waals surface area contributed by atoms with Crippen LogP contribution in [0.15, 0.2) is 48.5 Å². The lowest BCUT2D eigenvalue weighted by atomic mass is 10.2. The van der Waals surface area contributed by atoms with Gasteiger partial charge in [0.25, 0.3) is 0 Å². The Kier molecular flexibility index (Phi) is 4.45. The van der Waals surface area contributed by atoms with Crippen LogP contribution in [0.2, 0.25) is 0 Å². The fourth-order valence-electron chi connectivity index (χ4n) is 1.60. The van der Waals surface area contributed by atoms with E-state index in [0.717, 1.165) is 22.8 Å². The molecule has 4 heteroatoms. The van der Waals surface area contributed by atoms with Crippen LogP contribution in [0.1, 0.15) is 5.56 Å². The van der Waals surface area contributed by atoms with Crippen molar-refractivity contribution in [3.05, 3.63) is 54.1 Å². The normalized spacial score (nSPS) is 10.1. The number of nitrogens with one attached hydrogen (secondary N) is 1. The zero-order chi connectivity index (χ0) is 12.8. The van der Waals surface area contributed by atoms with Gasteiger partial charge in [-0.05, 0) is 41.6 Å². The number of hydrogen-bond donors (Lipinski definition) is 1. The van der Waals surface area contributed by atoms with Crippen molar-refractivity contribution < 1.29 is 9.47 Å². The van der Waals surface area contributed by atoms with E-state index in [1.54, 1.807) is 7.11 Å². The third kappa shape index (κ3) is 3.39. The van der Waals surface area contributed by atoms with E-state index in [9.17, 15) is 0 Å². The van der Waals surface area contributed by atoms with Crippen LogP contribution in [-0.4, -0.2) is 7.11 Å². The average molecular weight is 264 g/mol. The molecule has 0 saturated heterocycles. The molecule has 0 radical (unpaired) electrons. The van der Waals surface area contributed by atoms with E-state index in [4.69, 9.17) is 21.3 Å². The fraction of sp³-hybridized carbons (Fsp3) is 0.143. The molecule has 0 aliphatic carbocycles. The van der Waals surface area contributed by atoms with Gasteiger partial charge in [0, 0.05) is 12.6 Å². The quantitative estimate of drug-likeness (QED) is 0.834. The van der Waals surface area contributed by atoms with Crippen LogP contribution in [0.3, 0.4) is 0 Å². The molecule has 0 aromatic heterocycles. The maximum Gasteiger partial charge on any atom is 0.131 e. The Morgan fingerprint density at radius 3 is 2.39 bits per heavy atom. The van der Waals surface area contributed by atoms with Gasteiger partial charge in [-0.15, -0.1) is 0 Å².